The Balaban J connectivity index is 1.34. The van der Waals surface area contributed by atoms with E-state index in [1.165, 1.54) is 18.5 Å². The number of likely N-dealkylation sites (tertiary alicyclic amines) is 2. The van der Waals surface area contributed by atoms with Crippen LogP contribution >= 0.6 is 0 Å². The van der Waals surface area contributed by atoms with E-state index < -0.39 is 0 Å². The topological polar surface area (TPSA) is 77.2 Å². The molecule has 7 heteroatoms. The molecule has 5 rings (SSSR count). The SMILES string of the molecule is CN1CCC(c2cc3c(-c4cccc(NCCN5CCCC5=O)n4)ccnc3[nH]2)CC1. The van der Waals surface area contributed by atoms with E-state index in [4.69, 9.17) is 4.98 Å². The second kappa shape index (κ2) is 8.67. The monoisotopic (exact) mass is 418 g/mol. The second-order valence-corrected chi connectivity index (χ2v) is 8.74. The van der Waals surface area contributed by atoms with Crippen molar-refractivity contribution in [3.63, 3.8) is 0 Å². The van der Waals surface area contributed by atoms with E-state index in [1.807, 2.05) is 35.4 Å². The van der Waals surface area contributed by atoms with Crippen molar-refractivity contribution >= 4 is 22.8 Å². The number of nitrogens with zero attached hydrogens (tertiary/aromatic N) is 4. The quantitative estimate of drug-likeness (QED) is 0.641. The van der Waals surface area contributed by atoms with Crippen molar-refractivity contribution in [3.8, 4) is 11.3 Å². The first-order valence-corrected chi connectivity index (χ1v) is 11.3. The maximum absolute atomic E-state index is 11.8. The lowest BCUT2D eigenvalue weighted by atomic mass is 9.93. The van der Waals surface area contributed by atoms with Crippen LogP contribution in [-0.2, 0) is 4.79 Å². The number of rotatable bonds is 6. The van der Waals surface area contributed by atoms with Gasteiger partial charge in [0.25, 0.3) is 0 Å². The summed E-state index contributed by atoms with van der Waals surface area (Å²) in [6, 6.07) is 10.4. The summed E-state index contributed by atoms with van der Waals surface area (Å²) in [5, 5.41) is 4.51. The van der Waals surface area contributed by atoms with Gasteiger partial charge in [-0.1, -0.05) is 6.07 Å². The highest BCUT2D eigenvalue weighted by Crippen LogP contribution is 2.33. The lowest BCUT2D eigenvalue weighted by Gasteiger charge is -2.28. The summed E-state index contributed by atoms with van der Waals surface area (Å²) in [5.41, 5.74) is 4.24. The number of pyridine rings is 2. The van der Waals surface area contributed by atoms with E-state index in [2.05, 4.69) is 33.3 Å². The maximum atomic E-state index is 11.8. The number of carbonyl (C=O) groups is 1. The summed E-state index contributed by atoms with van der Waals surface area (Å²) in [6.07, 6.45) is 5.86. The van der Waals surface area contributed by atoms with Gasteiger partial charge in [0, 0.05) is 54.8 Å². The van der Waals surface area contributed by atoms with Gasteiger partial charge in [0.05, 0.1) is 5.69 Å². The molecule has 0 radical (unpaired) electrons. The van der Waals surface area contributed by atoms with E-state index in [-0.39, 0.29) is 5.91 Å². The molecule has 31 heavy (non-hydrogen) atoms. The summed E-state index contributed by atoms with van der Waals surface area (Å²) in [4.78, 5) is 29.1. The molecule has 0 saturated carbocycles. The molecule has 0 aromatic carbocycles. The molecule has 0 spiro atoms. The van der Waals surface area contributed by atoms with Crippen LogP contribution < -0.4 is 5.32 Å². The van der Waals surface area contributed by atoms with E-state index in [9.17, 15) is 4.79 Å². The molecule has 2 N–H and O–H groups in total. The number of hydrogen-bond acceptors (Lipinski definition) is 5. The van der Waals surface area contributed by atoms with Crippen molar-refractivity contribution < 1.29 is 4.79 Å². The minimum absolute atomic E-state index is 0.260. The minimum Gasteiger partial charge on any atom is -0.368 e. The van der Waals surface area contributed by atoms with Crippen LogP contribution in [0.2, 0.25) is 0 Å². The lowest BCUT2D eigenvalue weighted by Crippen LogP contribution is -2.30. The van der Waals surface area contributed by atoms with E-state index in [0.717, 1.165) is 60.7 Å². The zero-order valence-electron chi connectivity index (χ0n) is 18.1. The predicted octanol–water partition coefficient (Wildman–Crippen LogP) is 3.47. The average molecular weight is 419 g/mol. The minimum atomic E-state index is 0.260. The zero-order valence-corrected chi connectivity index (χ0v) is 18.1. The van der Waals surface area contributed by atoms with Gasteiger partial charge in [-0.05, 0) is 63.7 Å². The molecule has 2 fully saturated rings. The highest BCUT2D eigenvalue weighted by molar-refractivity contribution is 5.92. The Kier molecular flexibility index (Phi) is 5.59. The lowest BCUT2D eigenvalue weighted by molar-refractivity contribution is -0.127. The van der Waals surface area contributed by atoms with Gasteiger partial charge in [-0.25, -0.2) is 9.97 Å². The standard InChI is InChI=1S/C24H30N6O/c1-29-13-8-17(9-14-29)21-16-19-18(7-10-26-24(19)28-21)20-4-2-5-22(27-20)25-11-15-30-12-3-6-23(30)31/h2,4-5,7,10,16-17H,3,6,8-9,11-15H2,1H3,(H,25,27)(H,26,28). The number of nitrogens with one attached hydrogen (secondary N) is 2. The fraction of sp³-hybridized carbons (Fsp3) is 0.458. The van der Waals surface area contributed by atoms with Crippen LogP contribution in [-0.4, -0.2) is 70.4 Å². The van der Waals surface area contributed by atoms with Gasteiger partial charge in [0.2, 0.25) is 5.91 Å². The van der Waals surface area contributed by atoms with Gasteiger partial charge in [0.1, 0.15) is 11.5 Å². The third-order valence-corrected chi connectivity index (χ3v) is 6.60. The number of H-pyrrole nitrogens is 1. The molecule has 0 atom stereocenters. The van der Waals surface area contributed by atoms with Crippen molar-refractivity contribution in [1.29, 1.82) is 0 Å². The average Bonchev–Trinajstić information content (AvgIpc) is 3.40. The molecule has 0 aliphatic carbocycles. The first kappa shape index (κ1) is 20.0. The highest BCUT2D eigenvalue weighted by atomic mass is 16.2. The second-order valence-electron chi connectivity index (χ2n) is 8.74. The zero-order chi connectivity index (χ0) is 21.2. The molecule has 2 saturated heterocycles. The fourth-order valence-electron chi connectivity index (χ4n) is 4.75. The Hall–Kier alpha value is -2.93. The van der Waals surface area contributed by atoms with Gasteiger partial charge in [-0.3, -0.25) is 4.79 Å². The van der Waals surface area contributed by atoms with Crippen LogP contribution in [0.15, 0.2) is 36.5 Å². The Labute approximate surface area is 182 Å². The molecule has 5 heterocycles. The molecule has 2 aliphatic heterocycles. The number of amides is 1. The van der Waals surface area contributed by atoms with E-state index in [1.54, 1.807) is 0 Å². The van der Waals surface area contributed by atoms with Crippen LogP contribution in [0.4, 0.5) is 5.82 Å². The fourth-order valence-corrected chi connectivity index (χ4v) is 4.75. The van der Waals surface area contributed by atoms with Crippen molar-refractivity contribution in [3.05, 3.63) is 42.2 Å². The van der Waals surface area contributed by atoms with Gasteiger partial charge in [-0.2, -0.15) is 0 Å². The van der Waals surface area contributed by atoms with Gasteiger partial charge >= 0.3 is 0 Å². The Morgan fingerprint density at radius 2 is 2.06 bits per heavy atom. The Bertz CT molecular complexity index is 1070. The van der Waals surface area contributed by atoms with E-state index >= 15 is 0 Å². The van der Waals surface area contributed by atoms with Gasteiger partial charge in [0.15, 0.2) is 0 Å². The van der Waals surface area contributed by atoms with Crippen molar-refractivity contribution in [2.24, 2.45) is 0 Å². The van der Waals surface area contributed by atoms with Crippen molar-refractivity contribution in [2.45, 2.75) is 31.6 Å². The van der Waals surface area contributed by atoms with Crippen LogP contribution in [0, 0.1) is 0 Å². The molecule has 7 nitrogen and oxygen atoms in total. The van der Waals surface area contributed by atoms with Crippen molar-refractivity contribution in [2.75, 3.05) is 45.1 Å². The number of aromatic amines is 1. The smallest absolute Gasteiger partial charge is 0.222 e. The first-order chi connectivity index (χ1) is 15.2. The van der Waals surface area contributed by atoms with Crippen LogP contribution in [0.3, 0.4) is 0 Å². The first-order valence-electron chi connectivity index (χ1n) is 11.3. The van der Waals surface area contributed by atoms with Gasteiger partial charge < -0.3 is 20.1 Å². The van der Waals surface area contributed by atoms with Crippen molar-refractivity contribution in [1.82, 2.24) is 24.8 Å². The molecule has 2 aliphatic rings. The normalized spacial score (nSPS) is 18.2. The van der Waals surface area contributed by atoms with Crippen LogP contribution in [0.5, 0.6) is 0 Å². The summed E-state index contributed by atoms with van der Waals surface area (Å²) >= 11 is 0. The summed E-state index contributed by atoms with van der Waals surface area (Å²) in [7, 11) is 2.19. The Morgan fingerprint density at radius 1 is 1.19 bits per heavy atom. The molecular formula is C24H30N6O. The van der Waals surface area contributed by atoms with Crippen LogP contribution in [0.1, 0.15) is 37.3 Å². The molecule has 1 amide bonds. The largest absolute Gasteiger partial charge is 0.368 e. The molecular weight excluding hydrogens is 388 g/mol. The van der Waals surface area contributed by atoms with E-state index in [0.29, 0.717) is 18.9 Å². The number of hydrogen-bond donors (Lipinski definition) is 2. The summed E-state index contributed by atoms with van der Waals surface area (Å²) in [6.45, 7) is 4.58. The number of fused-ring (bicyclic) bond motifs is 1. The molecule has 3 aromatic heterocycles. The van der Waals surface area contributed by atoms with Gasteiger partial charge in [-0.15, -0.1) is 0 Å². The predicted molar refractivity (Wildman–Crippen MR) is 123 cm³/mol. The third kappa shape index (κ3) is 4.28. The summed E-state index contributed by atoms with van der Waals surface area (Å²) < 4.78 is 0. The molecule has 0 unspecified atom stereocenters. The molecule has 3 aromatic rings. The maximum Gasteiger partial charge on any atom is 0.222 e. The molecule has 162 valence electrons. The number of carbonyl (C=O) groups excluding carboxylic acids is 1. The number of anilines is 1. The van der Waals surface area contributed by atoms with Crippen LogP contribution in [0.25, 0.3) is 22.3 Å². The number of aromatic nitrogens is 3. The Morgan fingerprint density at radius 3 is 2.87 bits per heavy atom. The molecule has 0 bridgehead atoms. The highest BCUT2D eigenvalue weighted by Gasteiger charge is 2.21. The third-order valence-electron chi connectivity index (χ3n) is 6.60. The number of piperidine rings is 1. The summed E-state index contributed by atoms with van der Waals surface area (Å²) in [5.74, 6) is 1.66.